The number of benzene rings is 1. The Labute approximate surface area is 110 Å². The highest BCUT2D eigenvalue weighted by Gasteiger charge is 2.24. The first-order valence-electron chi connectivity index (χ1n) is 5.24. The topological polar surface area (TPSA) is 32.3 Å². The van der Waals surface area contributed by atoms with Gasteiger partial charge < -0.3 is 10.4 Å². The second kappa shape index (κ2) is 5.39. The van der Waals surface area contributed by atoms with Gasteiger partial charge in [-0.05, 0) is 47.0 Å². The van der Waals surface area contributed by atoms with Crippen LogP contribution in [0.3, 0.4) is 0 Å². The van der Waals surface area contributed by atoms with Gasteiger partial charge >= 0.3 is 0 Å². The maximum Gasteiger partial charge on any atom is 0.0813 e. The minimum absolute atomic E-state index is 0.200. The van der Waals surface area contributed by atoms with Crippen LogP contribution in [0.1, 0.15) is 20.8 Å². The van der Waals surface area contributed by atoms with Crippen molar-refractivity contribution in [2.45, 2.75) is 26.4 Å². The van der Waals surface area contributed by atoms with E-state index in [-0.39, 0.29) is 5.92 Å². The van der Waals surface area contributed by atoms with E-state index in [0.717, 1.165) is 10.2 Å². The lowest BCUT2D eigenvalue weighted by Gasteiger charge is -2.28. The Morgan fingerprint density at radius 3 is 2.62 bits per heavy atom. The summed E-state index contributed by atoms with van der Waals surface area (Å²) < 4.78 is 0.871. The molecule has 0 aliphatic rings. The summed E-state index contributed by atoms with van der Waals surface area (Å²) in [5, 5.41) is 13.9. The molecule has 0 aromatic heterocycles. The van der Waals surface area contributed by atoms with E-state index >= 15 is 0 Å². The molecule has 0 radical (unpaired) electrons. The van der Waals surface area contributed by atoms with E-state index in [9.17, 15) is 5.11 Å². The number of hydrogen-bond acceptors (Lipinski definition) is 2. The molecule has 2 nitrogen and oxygen atoms in total. The molecule has 0 saturated heterocycles. The van der Waals surface area contributed by atoms with Gasteiger partial charge in [-0.1, -0.05) is 25.4 Å². The fourth-order valence-corrected chi connectivity index (χ4v) is 1.52. The lowest BCUT2D eigenvalue weighted by atomic mass is 9.92. The Kier molecular flexibility index (Phi) is 4.65. The van der Waals surface area contributed by atoms with E-state index in [2.05, 4.69) is 21.2 Å². The monoisotopic (exact) mass is 305 g/mol. The van der Waals surface area contributed by atoms with Crippen LogP contribution >= 0.6 is 27.5 Å². The zero-order chi connectivity index (χ0) is 12.3. The summed E-state index contributed by atoms with van der Waals surface area (Å²) in [5.41, 5.74) is 0.189. The Hall–Kier alpha value is -0.250. The molecule has 0 bridgehead atoms. The van der Waals surface area contributed by atoms with Gasteiger partial charge in [-0.3, -0.25) is 0 Å². The van der Waals surface area contributed by atoms with Crippen LogP contribution in [0.25, 0.3) is 0 Å². The van der Waals surface area contributed by atoms with Gasteiger partial charge in [0.2, 0.25) is 0 Å². The molecule has 16 heavy (non-hydrogen) atoms. The second-order valence-electron chi connectivity index (χ2n) is 4.49. The van der Waals surface area contributed by atoms with Crippen LogP contribution in [0.2, 0.25) is 5.02 Å². The number of rotatable bonds is 4. The lowest BCUT2D eigenvalue weighted by Crippen LogP contribution is -2.38. The average molecular weight is 307 g/mol. The summed E-state index contributed by atoms with van der Waals surface area (Å²) in [4.78, 5) is 0. The van der Waals surface area contributed by atoms with Crippen LogP contribution < -0.4 is 5.32 Å². The van der Waals surface area contributed by atoms with Gasteiger partial charge in [0.25, 0.3) is 0 Å². The number of nitrogens with one attached hydrogen (secondary N) is 1. The quantitative estimate of drug-likeness (QED) is 0.883. The summed E-state index contributed by atoms with van der Waals surface area (Å²) in [6, 6.07) is 5.64. The van der Waals surface area contributed by atoms with Crippen molar-refractivity contribution in [3.05, 3.63) is 27.7 Å². The third-order valence-corrected chi connectivity index (χ3v) is 4.05. The maximum absolute atomic E-state index is 10.1. The lowest BCUT2D eigenvalue weighted by molar-refractivity contribution is 0.0266. The molecule has 0 saturated carbocycles. The zero-order valence-corrected chi connectivity index (χ0v) is 12.1. The molecule has 90 valence electrons. The normalized spacial score (nSPS) is 14.9. The van der Waals surface area contributed by atoms with Gasteiger partial charge in [0.15, 0.2) is 0 Å². The second-order valence-corrected chi connectivity index (χ2v) is 5.76. The molecule has 4 heteroatoms. The van der Waals surface area contributed by atoms with Gasteiger partial charge in [-0.2, -0.15) is 0 Å². The molecule has 0 aliphatic carbocycles. The van der Waals surface area contributed by atoms with E-state index in [0.29, 0.717) is 11.6 Å². The molecular weight excluding hydrogens is 289 g/mol. The molecule has 0 fully saturated rings. The highest BCUT2D eigenvalue weighted by molar-refractivity contribution is 9.10. The van der Waals surface area contributed by atoms with Crippen LogP contribution in [-0.2, 0) is 0 Å². The van der Waals surface area contributed by atoms with Crippen molar-refractivity contribution in [2.24, 2.45) is 5.92 Å². The fraction of sp³-hybridized carbons (Fsp3) is 0.500. The molecule has 1 atom stereocenters. The Bertz CT molecular complexity index is 366. The van der Waals surface area contributed by atoms with Crippen molar-refractivity contribution in [1.29, 1.82) is 0 Å². The van der Waals surface area contributed by atoms with E-state index in [1.165, 1.54) is 0 Å². The molecule has 0 heterocycles. The van der Waals surface area contributed by atoms with Crippen LogP contribution in [0.4, 0.5) is 5.69 Å². The zero-order valence-electron chi connectivity index (χ0n) is 9.72. The molecule has 0 spiro atoms. The predicted molar refractivity (Wildman–Crippen MR) is 73.1 cm³/mol. The van der Waals surface area contributed by atoms with Crippen molar-refractivity contribution in [3.63, 3.8) is 0 Å². The first-order valence-corrected chi connectivity index (χ1v) is 6.41. The number of aliphatic hydroxyl groups is 1. The van der Waals surface area contributed by atoms with Crippen molar-refractivity contribution in [1.82, 2.24) is 0 Å². The fourth-order valence-electron chi connectivity index (χ4n) is 1.09. The first-order chi connectivity index (χ1) is 7.33. The molecule has 1 unspecified atom stereocenters. The molecule has 0 amide bonds. The van der Waals surface area contributed by atoms with Crippen molar-refractivity contribution in [3.8, 4) is 0 Å². The summed E-state index contributed by atoms with van der Waals surface area (Å²) in [5.74, 6) is 0.200. The van der Waals surface area contributed by atoms with E-state index < -0.39 is 5.60 Å². The van der Waals surface area contributed by atoms with E-state index in [4.69, 9.17) is 11.6 Å². The largest absolute Gasteiger partial charge is 0.388 e. The first kappa shape index (κ1) is 13.8. The van der Waals surface area contributed by atoms with Crippen LogP contribution in [0.5, 0.6) is 0 Å². The SMILES string of the molecule is CC(C)C(C)(O)CNc1ccc(Br)c(Cl)c1. The summed E-state index contributed by atoms with van der Waals surface area (Å²) in [7, 11) is 0. The minimum Gasteiger partial charge on any atom is -0.388 e. The summed E-state index contributed by atoms with van der Waals surface area (Å²) >= 11 is 9.31. The van der Waals surface area contributed by atoms with Gasteiger partial charge in [-0.25, -0.2) is 0 Å². The van der Waals surface area contributed by atoms with E-state index in [1.807, 2.05) is 39.0 Å². The Morgan fingerprint density at radius 2 is 2.12 bits per heavy atom. The summed E-state index contributed by atoms with van der Waals surface area (Å²) in [6.07, 6.45) is 0. The minimum atomic E-state index is -0.723. The Balaban J connectivity index is 2.65. The van der Waals surface area contributed by atoms with Crippen molar-refractivity contribution < 1.29 is 5.11 Å². The van der Waals surface area contributed by atoms with Gasteiger partial charge in [0, 0.05) is 16.7 Å². The third kappa shape index (κ3) is 3.65. The molecule has 1 rings (SSSR count). The Morgan fingerprint density at radius 1 is 1.50 bits per heavy atom. The van der Waals surface area contributed by atoms with Crippen LogP contribution in [0.15, 0.2) is 22.7 Å². The predicted octanol–water partition coefficient (Wildman–Crippen LogP) is 3.92. The standard InChI is InChI=1S/C12H17BrClNO/c1-8(2)12(3,16)7-15-9-4-5-10(13)11(14)6-9/h4-6,8,15-16H,7H2,1-3H3. The molecule has 1 aromatic rings. The van der Waals surface area contributed by atoms with Crippen molar-refractivity contribution >= 4 is 33.2 Å². The molecule has 0 aliphatic heterocycles. The highest BCUT2D eigenvalue weighted by Crippen LogP contribution is 2.26. The van der Waals surface area contributed by atoms with Crippen molar-refractivity contribution in [2.75, 3.05) is 11.9 Å². The summed E-state index contributed by atoms with van der Waals surface area (Å²) in [6.45, 7) is 6.32. The third-order valence-electron chi connectivity index (χ3n) is 2.81. The molecular formula is C12H17BrClNO. The van der Waals surface area contributed by atoms with E-state index in [1.54, 1.807) is 0 Å². The maximum atomic E-state index is 10.1. The highest BCUT2D eigenvalue weighted by atomic mass is 79.9. The van der Waals surface area contributed by atoms with Crippen LogP contribution in [0, 0.1) is 5.92 Å². The van der Waals surface area contributed by atoms with Crippen LogP contribution in [-0.4, -0.2) is 17.3 Å². The molecule has 2 N–H and O–H groups in total. The van der Waals surface area contributed by atoms with Gasteiger partial charge in [-0.15, -0.1) is 0 Å². The molecule has 1 aromatic carbocycles. The average Bonchev–Trinajstić information content (AvgIpc) is 2.20. The smallest absolute Gasteiger partial charge is 0.0813 e. The van der Waals surface area contributed by atoms with Gasteiger partial charge in [0.05, 0.1) is 10.6 Å². The van der Waals surface area contributed by atoms with Gasteiger partial charge in [0.1, 0.15) is 0 Å². The number of halogens is 2. The number of hydrogen-bond donors (Lipinski definition) is 2. The number of anilines is 1.